The molecule has 0 heterocycles. The molecule has 0 aromatic heterocycles. The molecule has 2 aromatic carbocycles. The molecule has 0 atom stereocenters. The summed E-state index contributed by atoms with van der Waals surface area (Å²) in [5, 5.41) is 10.9. The molecule has 88 valence electrons. The lowest BCUT2D eigenvalue weighted by Gasteiger charge is -2.00. The molecule has 1 aliphatic rings. The van der Waals surface area contributed by atoms with Gasteiger partial charge < -0.3 is 0 Å². The summed E-state index contributed by atoms with van der Waals surface area (Å²) in [7, 11) is 0. The molecule has 0 amide bonds. The van der Waals surface area contributed by atoms with Crippen LogP contribution in [0.1, 0.15) is 18.1 Å². The first-order valence-corrected chi connectivity index (χ1v) is 5.77. The zero-order chi connectivity index (χ0) is 12.7. The molecule has 0 bridgehead atoms. The molecule has 0 aliphatic heterocycles. The number of nitrogens with zero attached hydrogens (tertiary/aromatic N) is 1. The maximum Gasteiger partial charge on any atom is 0.270 e. The molecule has 0 spiro atoms. The van der Waals surface area contributed by atoms with Gasteiger partial charge in [0, 0.05) is 12.1 Å². The Balaban J connectivity index is 2.31. The Labute approximate surface area is 105 Å². The van der Waals surface area contributed by atoms with E-state index in [0.29, 0.717) is 0 Å². The van der Waals surface area contributed by atoms with Gasteiger partial charge in [0.15, 0.2) is 0 Å². The van der Waals surface area contributed by atoms with Crippen LogP contribution in [0.5, 0.6) is 0 Å². The van der Waals surface area contributed by atoms with Gasteiger partial charge in [-0.05, 0) is 40.8 Å². The zero-order valence-electron chi connectivity index (χ0n) is 9.88. The predicted octanol–water partition coefficient (Wildman–Crippen LogP) is 4.03. The largest absolute Gasteiger partial charge is 0.270 e. The first kappa shape index (κ1) is 10.7. The average molecular weight is 237 g/mol. The Kier molecular flexibility index (Phi) is 2.27. The molecule has 3 nitrogen and oxygen atoms in total. The highest BCUT2D eigenvalue weighted by Gasteiger charge is 2.24. The quantitative estimate of drug-likeness (QED) is 0.473. The minimum Gasteiger partial charge on any atom is -0.258 e. The van der Waals surface area contributed by atoms with Crippen molar-refractivity contribution < 1.29 is 4.92 Å². The van der Waals surface area contributed by atoms with Crippen LogP contribution < -0.4 is 0 Å². The van der Waals surface area contributed by atoms with E-state index in [9.17, 15) is 10.1 Å². The molecule has 18 heavy (non-hydrogen) atoms. The predicted molar refractivity (Wildman–Crippen MR) is 71.3 cm³/mol. The topological polar surface area (TPSA) is 43.1 Å². The van der Waals surface area contributed by atoms with Crippen LogP contribution in [0, 0.1) is 10.1 Å². The van der Waals surface area contributed by atoms with Crippen LogP contribution in [0.3, 0.4) is 0 Å². The van der Waals surface area contributed by atoms with E-state index < -0.39 is 0 Å². The first-order chi connectivity index (χ1) is 8.72. The number of rotatable bonds is 1. The van der Waals surface area contributed by atoms with E-state index in [1.54, 1.807) is 12.1 Å². The number of nitro groups is 1. The smallest absolute Gasteiger partial charge is 0.258 e. The van der Waals surface area contributed by atoms with Gasteiger partial charge in [0.05, 0.1) is 4.92 Å². The van der Waals surface area contributed by atoms with Crippen molar-refractivity contribution in [3.63, 3.8) is 0 Å². The molecule has 0 radical (unpaired) electrons. The third-order valence-electron chi connectivity index (χ3n) is 3.30. The SMILES string of the molecule is C/C=C1\c2ccccc2-c2ccc([N+](=O)[O-])cc21. The molecular formula is C15H11NO2. The van der Waals surface area contributed by atoms with Gasteiger partial charge in [-0.3, -0.25) is 10.1 Å². The molecule has 3 heteroatoms. The van der Waals surface area contributed by atoms with Crippen LogP contribution >= 0.6 is 0 Å². The van der Waals surface area contributed by atoms with Gasteiger partial charge in [-0.15, -0.1) is 0 Å². The molecular weight excluding hydrogens is 226 g/mol. The van der Waals surface area contributed by atoms with Gasteiger partial charge >= 0.3 is 0 Å². The van der Waals surface area contributed by atoms with Crippen molar-refractivity contribution >= 4 is 11.3 Å². The van der Waals surface area contributed by atoms with Crippen molar-refractivity contribution in [2.45, 2.75) is 6.92 Å². The van der Waals surface area contributed by atoms with Gasteiger partial charge in [-0.2, -0.15) is 0 Å². The van der Waals surface area contributed by atoms with Gasteiger partial charge in [-0.1, -0.05) is 30.3 Å². The highest BCUT2D eigenvalue weighted by Crippen LogP contribution is 2.45. The molecule has 0 unspecified atom stereocenters. The van der Waals surface area contributed by atoms with E-state index in [2.05, 4.69) is 12.1 Å². The lowest BCUT2D eigenvalue weighted by atomic mass is 10.0. The van der Waals surface area contributed by atoms with E-state index in [1.165, 1.54) is 0 Å². The third-order valence-corrected chi connectivity index (χ3v) is 3.30. The summed E-state index contributed by atoms with van der Waals surface area (Å²) in [6.07, 6.45) is 2.01. The fraction of sp³-hybridized carbons (Fsp3) is 0.0667. The Morgan fingerprint density at radius 3 is 2.33 bits per heavy atom. The number of hydrogen-bond donors (Lipinski definition) is 0. The van der Waals surface area contributed by atoms with Crippen LogP contribution in [-0.4, -0.2) is 4.92 Å². The van der Waals surface area contributed by atoms with Crippen LogP contribution in [0.2, 0.25) is 0 Å². The van der Waals surface area contributed by atoms with Gasteiger partial charge in [0.1, 0.15) is 0 Å². The summed E-state index contributed by atoms with van der Waals surface area (Å²) in [4.78, 5) is 10.5. The van der Waals surface area contributed by atoms with Crippen LogP contribution in [0.15, 0.2) is 48.5 Å². The second kappa shape index (κ2) is 3.81. The maximum absolute atomic E-state index is 10.9. The first-order valence-electron chi connectivity index (χ1n) is 5.77. The van der Waals surface area contributed by atoms with E-state index in [4.69, 9.17) is 0 Å². The maximum atomic E-state index is 10.9. The monoisotopic (exact) mass is 237 g/mol. The zero-order valence-corrected chi connectivity index (χ0v) is 9.88. The van der Waals surface area contributed by atoms with Crippen molar-refractivity contribution in [1.29, 1.82) is 0 Å². The minimum absolute atomic E-state index is 0.140. The normalized spacial score (nSPS) is 14.4. The Morgan fingerprint density at radius 1 is 1.00 bits per heavy atom. The second-order valence-corrected chi connectivity index (χ2v) is 4.23. The summed E-state index contributed by atoms with van der Waals surface area (Å²) in [5.74, 6) is 0. The minimum atomic E-state index is -0.351. The fourth-order valence-corrected chi connectivity index (χ4v) is 2.51. The molecule has 3 rings (SSSR count). The number of fused-ring (bicyclic) bond motifs is 3. The van der Waals surface area contributed by atoms with Gasteiger partial charge in [0.2, 0.25) is 0 Å². The number of allylic oxidation sites excluding steroid dienone is 1. The van der Waals surface area contributed by atoms with Crippen molar-refractivity contribution in [3.8, 4) is 11.1 Å². The summed E-state index contributed by atoms with van der Waals surface area (Å²) < 4.78 is 0. The summed E-state index contributed by atoms with van der Waals surface area (Å²) in [6.45, 7) is 1.96. The number of non-ortho nitro benzene ring substituents is 1. The Morgan fingerprint density at radius 2 is 1.67 bits per heavy atom. The molecule has 0 N–H and O–H groups in total. The number of hydrogen-bond acceptors (Lipinski definition) is 2. The van der Waals surface area contributed by atoms with E-state index >= 15 is 0 Å². The van der Waals surface area contributed by atoms with Crippen LogP contribution in [-0.2, 0) is 0 Å². The van der Waals surface area contributed by atoms with Crippen molar-refractivity contribution in [2.24, 2.45) is 0 Å². The van der Waals surface area contributed by atoms with Gasteiger partial charge in [-0.25, -0.2) is 0 Å². The van der Waals surface area contributed by atoms with Crippen molar-refractivity contribution in [3.05, 3.63) is 69.8 Å². The lowest BCUT2D eigenvalue weighted by Crippen LogP contribution is -1.89. The lowest BCUT2D eigenvalue weighted by molar-refractivity contribution is -0.384. The number of nitro benzene ring substituents is 1. The molecule has 0 saturated carbocycles. The fourth-order valence-electron chi connectivity index (χ4n) is 2.51. The third kappa shape index (κ3) is 1.37. The molecule has 0 fully saturated rings. The molecule has 2 aromatic rings. The van der Waals surface area contributed by atoms with Crippen molar-refractivity contribution in [2.75, 3.05) is 0 Å². The molecule has 0 saturated heterocycles. The van der Waals surface area contributed by atoms with E-state index in [1.807, 2.05) is 31.2 Å². The van der Waals surface area contributed by atoms with E-state index in [-0.39, 0.29) is 10.6 Å². The summed E-state index contributed by atoms with van der Waals surface area (Å²) in [5.41, 5.74) is 5.54. The van der Waals surface area contributed by atoms with Crippen LogP contribution in [0.25, 0.3) is 16.7 Å². The molecule has 1 aliphatic carbocycles. The summed E-state index contributed by atoms with van der Waals surface area (Å²) in [6, 6.07) is 13.1. The second-order valence-electron chi connectivity index (χ2n) is 4.23. The van der Waals surface area contributed by atoms with Crippen LogP contribution in [0.4, 0.5) is 5.69 Å². The van der Waals surface area contributed by atoms with Crippen molar-refractivity contribution in [1.82, 2.24) is 0 Å². The highest BCUT2D eigenvalue weighted by molar-refractivity contribution is 6.01. The standard InChI is InChI=1S/C15H11NO2/c1-2-11-12-5-3-4-6-13(12)14-8-7-10(16(17)18)9-15(11)14/h2-9H,1H3/b11-2+. The Hall–Kier alpha value is -2.42. The highest BCUT2D eigenvalue weighted by atomic mass is 16.6. The number of benzene rings is 2. The van der Waals surface area contributed by atoms with Gasteiger partial charge in [0.25, 0.3) is 5.69 Å². The van der Waals surface area contributed by atoms with E-state index in [0.717, 1.165) is 27.8 Å². The summed E-state index contributed by atoms with van der Waals surface area (Å²) >= 11 is 0. The average Bonchev–Trinajstić information content (AvgIpc) is 2.71. The Bertz CT molecular complexity index is 687.